The van der Waals surface area contributed by atoms with Crippen LogP contribution >= 0.6 is 0 Å². The minimum atomic E-state index is -1.12. The molecule has 1 saturated heterocycles. The molecular formula is C21H24N6O5. The molecule has 2 aliphatic heterocycles. The summed E-state index contributed by atoms with van der Waals surface area (Å²) in [5.41, 5.74) is -0.759. The summed E-state index contributed by atoms with van der Waals surface area (Å²) in [5, 5.41) is 16.3. The maximum atomic E-state index is 13.0. The number of amides is 2. The van der Waals surface area contributed by atoms with Crippen molar-refractivity contribution in [1.29, 1.82) is 0 Å². The maximum Gasteiger partial charge on any atom is 0.292 e. The van der Waals surface area contributed by atoms with Crippen LogP contribution in [0.2, 0.25) is 0 Å². The monoisotopic (exact) mass is 440 g/mol. The molecule has 168 valence electrons. The number of nitro benzene ring substituents is 1. The Balaban J connectivity index is 1.66. The number of benzene rings is 1. The molecule has 0 saturated carbocycles. The summed E-state index contributed by atoms with van der Waals surface area (Å²) in [6.45, 7) is 5.71. The lowest BCUT2D eigenvalue weighted by atomic mass is 9.91. The van der Waals surface area contributed by atoms with E-state index < -0.39 is 28.2 Å². The van der Waals surface area contributed by atoms with Crippen LogP contribution < -0.4 is 21.1 Å². The van der Waals surface area contributed by atoms with Gasteiger partial charge in [-0.15, -0.1) is 0 Å². The first-order valence-electron chi connectivity index (χ1n) is 10.5. The van der Waals surface area contributed by atoms with Crippen LogP contribution in [-0.2, 0) is 9.59 Å². The summed E-state index contributed by atoms with van der Waals surface area (Å²) < 4.78 is 0. The van der Waals surface area contributed by atoms with Crippen molar-refractivity contribution in [2.24, 2.45) is 11.8 Å². The maximum absolute atomic E-state index is 13.0. The van der Waals surface area contributed by atoms with Crippen molar-refractivity contribution in [2.75, 3.05) is 28.6 Å². The Labute approximate surface area is 183 Å². The smallest absolute Gasteiger partial charge is 0.292 e. The van der Waals surface area contributed by atoms with Crippen LogP contribution in [0, 0.1) is 22.0 Å². The number of rotatable bonds is 4. The molecule has 0 unspecified atom stereocenters. The molecule has 0 spiro atoms. The van der Waals surface area contributed by atoms with Gasteiger partial charge in [-0.1, -0.05) is 26.0 Å². The number of carbonyl (C=O) groups is 2. The topological polar surface area (TPSA) is 150 Å². The molecule has 3 N–H and O–H groups in total. The summed E-state index contributed by atoms with van der Waals surface area (Å²) in [6, 6.07) is 5.68. The summed E-state index contributed by atoms with van der Waals surface area (Å²) >= 11 is 0. The van der Waals surface area contributed by atoms with Gasteiger partial charge in [0.2, 0.25) is 17.8 Å². The third-order valence-electron chi connectivity index (χ3n) is 5.78. The number of piperidine rings is 1. The summed E-state index contributed by atoms with van der Waals surface area (Å²) in [5.74, 6) is -1.01. The van der Waals surface area contributed by atoms with E-state index in [0.29, 0.717) is 17.8 Å². The second-order valence-electron chi connectivity index (χ2n) is 8.57. The quantitative estimate of drug-likeness (QED) is 0.487. The van der Waals surface area contributed by atoms with Gasteiger partial charge in [0.1, 0.15) is 11.5 Å². The fourth-order valence-electron chi connectivity index (χ4n) is 4.53. The number of nitrogens with one attached hydrogen (secondary N) is 3. The van der Waals surface area contributed by atoms with Crippen molar-refractivity contribution in [3.05, 3.63) is 50.3 Å². The van der Waals surface area contributed by atoms with E-state index in [2.05, 4.69) is 34.4 Å². The Kier molecular flexibility index (Phi) is 5.64. The molecule has 3 heterocycles. The zero-order valence-electron chi connectivity index (χ0n) is 17.8. The Morgan fingerprint density at radius 3 is 2.59 bits per heavy atom. The SMILES string of the molecule is C[C@@H]1C[C@@H](C)CN(c2nc3c(c(=O)[nH]2)[C@@H](C(=O)Nc2ccccc2[N+](=O)[O-])CC(=O)N3)C1. The largest absolute Gasteiger partial charge is 0.342 e. The first kappa shape index (κ1) is 21.5. The second kappa shape index (κ2) is 8.40. The summed E-state index contributed by atoms with van der Waals surface area (Å²) in [7, 11) is 0. The van der Waals surface area contributed by atoms with Crippen molar-refractivity contribution >= 4 is 35.0 Å². The van der Waals surface area contributed by atoms with Crippen LogP contribution in [0.4, 0.5) is 23.1 Å². The first-order chi connectivity index (χ1) is 15.2. The van der Waals surface area contributed by atoms with E-state index in [4.69, 9.17) is 0 Å². The van der Waals surface area contributed by atoms with Crippen molar-refractivity contribution in [3.8, 4) is 0 Å². The van der Waals surface area contributed by atoms with Crippen LogP contribution in [0.25, 0.3) is 0 Å². The number of fused-ring (bicyclic) bond motifs is 1. The molecule has 0 radical (unpaired) electrons. The van der Waals surface area contributed by atoms with Crippen LogP contribution in [0.15, 0.2) is 29.1 Å². The van der Waals surface area contributed by atoms with E-state index in [9.17, 15) is 24.5 Å². The highest BCUT2D eigenvalue weighted by Crippen LogP contribution is 2.32. The van der Waals surface area contributed by atoms with Crippen LogP contribution in [0.5, 0.6) is 0 Å². The minimum Gasteiger partial charge on any atom is -0.342 e. The molecule has 11 heteroatoms. The van der Waals surface area contributed by atoms with E-state index in [0.717, 1.165) is 19.5 Å². The van der Waals surface area contributed by atoms with E-state index >= 15 is 0 Å². The van der Waals surface area contributed by atoms with Gasteiger partial charge in [-0.3, -0.25) is 29.5 Å². The Bertz CT molecular complexity index is 1140. The number of nitrogens with zero attached hydrogens (tertiary/aromatic N) is 3. The zero-order chi connectivity index (χ0) is 23.0. The van der Waals surface area contributed by atoms with Crippen molar-refractivity contribution in [3.63, 3.8) is 0 Å². The van der Waals surface area contributed by atoms with Gasteiger partial charge >= 0.3 is 0 Å². The van der Waals surface area contributed by atoms with E-state index in [-0.39, 0.29) is 29.2 Å². The average molecular weight is 440 g/mol. The normalized spacial score (nSPS) is 22.6. The zero-order valence-corrected chi connectivity index (χ0v) is 17.8. The number of H-pyrrole nitrogens is 1. The second-order valence-corrected chi connectivity index (χ2v) is 8.57. The number of hydrogen-bond donors (Lipinski definition) is 3. The highest BCUT2D eigenvalue weighted by molar-refractivity contribution is 6.05. The van der Waals surface area contributed by atoms with Crippen molar-refractivity contribution < 1.29 is 14.5 Å². The van der Waals surface area contributed by atoms with Crippen LogP contribution in [0.3, 0.4) is 0 Å². The van der Waals surface area contributed by atoms with Crippen molar-refractivity contribution in [2.45, 2.75) is 32.6 Å². The Morgan fingerprint density at radius 1 is 1.22 bits per heavy atom. The average Bonchev–Trinajstić information content (AvgIpc) is 2.72. The molecule has 0 aliphatic carbocycles. The van der Waals surface area contributed by atoms with Gasteiger partial charge in [-0.25, -0.2) is 0 Å². The predicted octanol–water partition coefficient (Wildman–Crippen LogP) is 2.22. The van der Waals surface area contributed by atoms with E-state index in [1.807, 2.05) is 4.90 Å². The molecular weight excluding hydrogens is 416 g/mol. The first-order valence-corrected chi connectivity index (χ1v) is 10.5. The molecule has 1 aromatic heterocycles. The van der Waals surface area contributed by atoms with Gasteiger partial charge in [-0.05, 0) is 24.3 Å². The third kappa shape index (κ3) is 4.18. The van der Waals surface area contributed by atoms with Gasteiger partial charge in [0.15, 0.2) is 0 Å². The molecule has 11 nitrogen and oxygen atoms in total. The van der Waals surface area contributed by atoms with Gasteiger partial charge in [-0.2, -0.15) is 4.98 Å². The fraction of sp³-hybridized carbons (Fsp3) is 0.429. The number of para-hydroxylation sites is 2. The molecule has 1 fully saturated rings. The molecule has 2 amide bonds. The van der Waals surface area contributed by atoms with Gasteiger partial charge in [0.05, 0.1) is 16.4 Å². The van der Waals surface area contributed by atoms with E-state index in [1.165, 1.54) is 18.2 Å². The number of aromatic amines is 1. The lowest BCUT2D eigenvalue weighted by molar-refractivity contribution is -0.383. The van der Waals surface area contributed by atoms with Crippen LogP contribution in [0.1, 0.15) is 38.2 Å². The number of aromatic nitrogens is 2. The summed E-state index contributed by atoms with van der Waals surface area (Å²) in [4.78, 5) is 58.1. The predicted molar refractivity (Wildman–Crippen MR) is 118 cm³/mol. The fourth-order valence-corrected chi connectivity index (χ4v) is 4.53. The number of carbonyl (C=O) groups excluding carboxylic acids is 2. The number of anilines is 3. The van der Waals surface area contributed by atoms with Gasteiger partial charge in [0, 0.05) is 25.6 Å². The molecule has 32 heavy (non-hydrogen) atoms. The molecule has 3 atom stereocenters. The van der Waals surface area contributed by atoms with Crippen molar-refractivity contribution in [1.82, 2.24) is 9.97 Å². The van der Waals surface area contributed by atoms with Gasteiger partial charge in [0.25, 0.3) is 11.2 Å². The number of nitro groups is 1. The lowest BCUT2D eigenvalue weighted by Gasteiger charge is -2.35. The molecule has 0 bridgehead atoms. The molecule has 2 aromatic rings. The highest BCUT2D eigenvalue weighted by atomic mass is 16.6. The third-order valence-corrected chi connectivity index (χ3v) is 5.78. The Morgan fingerprint density at radius 2 is 1.91 bits per heavy atom. The lowest BCUT2D eigenvalue weighted by Crippen LogP contribution is -2.42. The minimum absolute atomic E-state index is 0.00710. The molecule has 4 rings (SSSR count). The Hall–Kier alpha value is -3.76. The van der Waals surface area contributed by atoms with Crippen LogP contribution in [-0.4, -0.2) is 39.8 Å². The number of hydrogen-bond acceptors (Lipinski definition) is 7. The highest BCUT2D eigenvalue weighted by Gasteiger charge is 2.36. The van der Waals surface area contributed by atoms with Gasteiger partial charge < -0.3 is 15.5 Å². The summed E-state index contributed by atoms with van der Waals surface area (Å²) in [6.07, 6.45) is 0.817. The van der Waals surface area contributed by atoms with E-state index in [1.54, 1.807) is 6.07 Å². The molecule has 2 aliphatic rings. The molecule has 1 aromatic carbocycles. The standard InChI is InChI=1S/C21H24N6O5/c1-11-7-12(2)10-26(9-11)21-24-18-17(20(30)25-21)13(8-16(28)23-18)19(29)22-14-5-3-4-6-15(14)27(31)32/h3-6,11-13H,7-10H2,1-2H3,(H,22,29)(H2,23,24,25,28,30)/t11-,12-,13+/m1/s1.